The topological polar surface area (TPSA) is 12.4 Å². The van der Waals surface area contributed by atoms with Gasteiger partial charge in [0.15, 0.2) is 0 Å². The molecule has 1 rings (SSSR count). The highest BCUT2D eigenvalue weighted by molar-refractivity contribution is 6.09. The smallest absolute Gasteiger partial charge is 0.0645 e. The second-order valence-corrected chi connectivity index (χ2v) is 3.65. The van der Waals surface area contributed by atoms with Gasteiger partial charge in [-0.2, -0.15) is 0 Å². The largest absolute Gasteiger partial charge is 0.288 e. The molecule has 0 fully saturated rings. The molecule has 74 valence electrons. The number of aryl methyl sites for hydroxylation is 1. The van der Waals surface area contributed by atoms with E-state index in [4.69, 9.17) is 0 Å². The lowest BCUT2D eigenvalue weighted by Crippen LogP contribution is -1.99. The van der Waals surface area contributed by atoms with E-state index in [0.717, 1.165) is 5.71 Å². The highest BCUT2D eigenvalue weighted by Gasteiger charge is 2.01. The standard InChI is InChI=1S/C13H17N/c1-10(2)9-13(14-4)12-8-6-5-7-11(12)3/h5-9H,1-4H3. The summed E-state index contributed by atoms with van der Waals surface area (Å²) in [6.07, 6.45) is 2.11. The zero-order valence-corrected chi connectivity index (χ0v) is 9.33. The maximum atomic E-state index is 4.30. The van der Waals surface area contributed by atoms with E-state index in [2.05, 4.69) is 50.0 Å². The van der Waals surface area contributed by atoms with Gasteiger partial charge in [-0.05, 0) is 32.4 Å². The van der Waals surface area contributed by atoms with Crippen LogP contribution in [0.25, 0.3) is 0 Å². The Morgan fingerprint density at radius 3 is 2.36 bits per heavy atom. The van der Waals surface area contributed by atoms with Crippen molar-refractivity contribution < 1.29 is 0 Å². The fraction of sp³-hybridized carbons (Fsp3) is 0.308. The lowest BCUT2D eigenvalue weighted by molar-refractivity contribution is 1.36. The van der Waals surface area contributed by atoms with Crippen LogP contribution in [-0.2, 0) is 0 Å². The molecular formula is C13H17N. The summed E-state index contributed by atoms with van der Waals surface area (Å²) in [6.45, 7) is 6.28. The number of rotatable bonds is 2. The van der Waals surface area contributed by atoms with E-state index >= 15 is 0 Å². The van der Waals surface area contributed by atoms with E-state index in [9.17, 15) is 0 Å². The van der Waals surface area contributed by atoms with Gasteiger partial charge in [0.1, 0.15) is 0 Å². The quantitative estimate of drug-likeness (QED) is 0.629. The zero-order valence-electron chi connectivity index (χ0n) is 9.33. The van der Waals surface area contributed by atoms with Crippen molar-refractivity contribution in [2.24, 2.45) is 4.99 Å². The zero-order chi connectivity index (χ0) is 10.6. The molecule has 0 aromatic heterocycles. The van der Waals surface area contributed by atoms with Crippen LogP contribution in [0.2, 0.25) is 0 Å². The summed E-state index contributed by atoms with van der Waals surface area (Å²) in [7, 11) is 1.83. The molecule has 0 saturated carbocycles. The van der Waals surface area contributed by atoms with Gasteiger partial charge >= 0.3 is 0 Å². The second kappa shape index (κ2) is 4.75. The number of benzene rings is 1. The summed E-state index contributed by atoms with van der Waals surface area (Å²) in [5, 5.41) is 0. The third-order valence-electron chi connectivity index (χ3n) is 2.09. The molecule has 0 aliphatic heterocycles. The third kappa shape index (κ3) is 2.56. The van der Waals surface area contributed by atoms with Crippen molar-refractivity contribution in [2.45, 2.75) is 20.8 Å². The van der Waals surface area contributed by atoms with Crippen molar-refractivity contribution in [3.8, 4) is 0 Å². The molecule has 14 heavy (non-hydrogen) atoms. The fourth-order valence-corrected chi connectivity index (χ4v) is 1.40. The van der Waals surface area contributed by atoms with Crippen LogP contribution in [0.15, 0.2) is 40.9 Å². The first-order valence-electron chi connectivity index (χ1n) is 4.83. The summed E-state index contributed by atoms with van der Waals surface area (Å²) in [6, 6.07) is 8.32. The van der Waals surface area contributed by atoms with Crippen LogP contribution in [0, 0.1) is 6.92 Å². The average Bonchev–Trinajstić information content (AvgIpc) is 2.15. The lowest BCUT2D eigenvalue weighted by Gasteiger charge is -2.05. The highest BCUT2D eigenvalue weighted by atomic mass is 14.7. The van der Waals surface area contributed by atoms with Gasteiger partial charge in [-0.3, -0.25) is 4.99 Å². The first kappa shape index (κ1) is 10.7. The van der Waals surface area contributed by atoms with Crippen LogP contribution < -0.4 is 0 Å². The van der Waals surface area contributed by atoms with E-state index in [1.807, 2.05) is 13.1 Å². The Hall–Kier alpha value is -1.37. The average molecular weight is 187 g/mol. The molecule has 0 saturated heterocycles. The van der Waals surface area contributed by atoms with Crippen LogP contribution >= 0.6 is 0 Å². The van der Waals surface area contributed by atoms with Crippen LogP contribution in [0.4, 0.5) is 0 Å². The summed E-state index contributed by atoms with van der Waals surface area (Å²) in [5.41, 5.74) is 4.82. The Bertz CT molecular complexity index is 369. The molecule has 0 bridgehead atoms. The van der Waals surface area contributed by atoms with Crippen LogP contribution in [-0.4, -0.2) is 12.8 Å². The number of aliphatic imine (C=N–C) groups is 1. The van der Waals surface area contributed by atoms with Gasteiger partial charge in [0.2, 0.25) is 0 Å². The van der Waals surface area contributed by atoms with E-state index in [1.54, 1.807) is 0 Å². The number of nitrogens with zero attached hydrogens (tertiary/aromatic N) is 1. The van der Waals surface area contributed by atoms with Gasteiger partial charge in [0.05, 0.1) is 5.71 Å². The van der Waals surface area contributed by atoms with E-state index in [0.29, 0.717) is 0 Å². The van der Waals surface area contributed by atoms with E-state index < -0.39 is 0 Å². The molecule has 0 aliphatic rings. The van der Waals surface area contributed by atoms with Gasteiger partial charge in [0.25, 0.3) is 0 Å². The molecule has 1 aromatic rings. The molecule has 1 nitrogen and oxygen atoms in total. The van der Waals surface area contributed by atoms with Gasteiger partial charge in [0, 0.05) is 12.6 Å². The van der Waals surface area contributed by atoms with Gasteiger partial charge in [-0.25, -0.2) is 0 Å². The molecule has 0 radical (unpaired) electrons. The molecule has 0 amide bonds. The van der Waals surface area contributed by atoms with Crippen LogP contribution in [0.3, 0.4) is 0 Å². The Kier molecular flexibility index (Phi) is 3.63. The van der Waals surface area contributed by atoms with Crippen molar-refractivity contribution in [1.82, 2.24) is 0 Å². The molecule has 0 N–H and O–H groups in total. The van der Waals surface area contributed by atoms with Crippen LogP contribution in [0.5, 0.6) is 0 Å². The van der Waals surface area contributed by atoms with Crippen LogP contribution in [0.1, 0.15) is 25.0 Å². The first-order valence-corrected chi connectivity index (χ1v) is 4.83. The Morgan fingerprint density at radius 2 is 1.86 bits per heavy atom. The van der Waals surface area contributed by atoms with Crippen molar-refractivity contribution in [2.75, 3.05) is 7.05 Å². The second-order valence-electron chi connectivity index (χ2n) is 3.65. The van der Waals surface area contributed by atoms with Crippen molar-refractivity contribution in [1.29, 1.82) is 0 Å². The molecule has 0 unspecified atom stereocenters. The van der Waals surface area contributed by atoms with Crippen molar-refractivity contribution in [3.63, 3.8) is 0 Å². The van der Waals surface area contributed by atoms with Crippen molar-refractivity contribution in [3.05, 3.63) is 47.0 Å². The highest BCUT2D eigenvalue weighted by Crippen LogP contribution is 2.10. The normalized spacial score (nSPS) is 11.3. The molecule has 0 heterocycles. The maximum Gasteiger partial charge on any atom is 0.0645 e. The summed E-state index contributed by atoms with van der Waals surface area (Å²) in [5.74, 6) is 0. The molecule has 1 heteroatoms. The molecule has 0 spiro atoms. The Labute approximate surface area is 86.2 Å². The fourth-order valence-electron chi connectivity index (χ4n) is 1.40. The van der Waals surface area contributed by atoms with E-state index in [-0.39, 0.29) is 0 Å². The first-order chi connectivity index (χ1) is 6.65. The predicted molar refractivity (Wildman–Crippen MR) is 63.1 cm³/mol. The maximum absolute atomic E-state index is 4.30. The third-order valence-corrected chi connectivity index (χ3v) is 2.09. The monoisotopic (exact) mass is 187 g/mol. The molecular weight excluding hydrogens is 170 g/mol. The lowest BCUT2D eigenvalue weighted by atomic mass is 10.0. The van der Waals surface area contributed by atoms with Gasteiger partial charge in [-0.1, -0.05) is 29.8 Å². The summed E-state index contributed by atoms with van der Waals surface area (Å²) in [4.78, 5) is 4.30. The minimum absolute atomic E-state index is 1.06. The van der Waals surface area contributed by atoms with Crippen molar-refractivity contribution >= 4 is 5.71 Å². The SMILES string of the molecule is CN=C(C=C(C)C)c1ccccc1C. The number of hydrogen-bond acceptors (Lipinski definition) is 1. The number of allylic oxidation sites excluding steroid dienone is 2. The molecule has 0 atom stereocenters. The minimum Gasteiger partial charge on any atom is -0.288 e. The summed E-state index contributed by atoms with van der Waals surface area (Å²) < 4.78 is 0. The summed E-state index contributed by atoms with van der Waals surface area (Å²) >= 11 is 0. The molecule has 0 aliphatic carbocycles. The Balaban J connectivity index is 3.15. The van der Waals surface area contributed by atoms with E-state index in [1.165, 1.54) is 16.7 Å². The van der Waals surface area contributed by atoms with Gasteiger partial charge < -0.3 is 0 Å². The minimum atomic E-state index is 1.06. The predicted octanol–water partition coefficient (Wildman–Crippen LogP) is 3.38. The Morgan fingerprint density at radius 1 is 1.21 bits per heavy atom. The van der Waals surface area contributed by atoms with Gasteiger partial charge in [-0.15, -0.1) is 0 Å². The number of hydrogen-bond donors (Lipinski definition) is 0. The molecule has 1 aromatic carbocycles.